The van der Waals surface area contributed by atoms with Crippen molar-refractivity contribution in [2.45, 2.75) is 51.5 Å². The van der Waals surface area contributed by atoms with Crippen LogP contribution in [0.2, 0.25) is 0 Å². The highest BCUT2D eigenvalue weighted by molar-refractivity contribution is 5.91. The number of fused-ring (bicyclic) bond motifs is 1. The number of aryl methyl sites for hydroxylation is 1. The average Bonchev–Trinajstić information content (AvgIpc) is 2.88. The van der Waals surface area contributed by atoms with Gasteiger partial charge < -0.3 is 9.47 Å². The van der Waals surface area contributed by atoms with Crippen molar-refractivity contribution in [2.24, 2.45) is 10.9 Å². The maximum Gasteiger partial charge on any atom is 0.195 e. The topological polar surface area (TPSA) is 30.8 Å². The Morgan fingerprint density at radius 3 is 2.74 bits per heavy atom. The molecular weight excluding hydrogens is 286 g/mol. The number of nitrogens with zero attached hydrogens (tertiary/aromatic N) is 1. The van der Waals surface area contributed by atoms with Gasteiger partial charge in [0.15, 0.2) is 5.90 Å². The Hall–Kier alpha value is -1.77. The summed E-state index contributed by atoms with van der Waals surface area (Å²) < 4.78 is 11.9. The van der Waals surface area contributed by atoms with E-state index in [0.29, 0.717) is 13.2 Å². The Bertz CT molecular complexity index is 647. The van der Waals surface area contributed by atoms with Gasteiger partial charge in [-0.2, -0.15) is 0 Å². The number of hydrogen-bond donors (Lipinski definition) is 0. The largest absolute Gasteiger partial charge is 0.499 e. The summed E-state index contributed by atoms with van der Waals surface area (Å²) in [7, 11) is 0. The van der Waals surface area contributed by atoms with Crippen LogP contribution < -0.4 is 0 Å². The molecule has 3 rings (SSSR count). The molecule has 2 atom stereocenters. The van der Waals surface area contributed by atoms with Gasteiger partial charge in [0.1, 0.15) is 6.61 Å². The predicted octanol–water partition coefficient (Wildman–Crippen LogP) is 4.26. The molecule has 0 amide bonds. The van der Waals surface area contributed by atoms with E-state index in [4.69, 9.17) is 14.5 Å². The Morgan fingerprint density at radius 1 is 1.35 bits per heavy atom. The molecule has 1 heterocycles. The van der Waals surface area contributed by atoms with Crippen LogP contribution in [0.25, 0.3) is 0 Å². The van der Waals surface area contributed by atoms with Crippen molar-refractivity contribution >= 4 is 5.90 Å². The highest BCUT2D eigenvalue weighted by Crippen LogP contribution is 2.47. The van der Waals surface area contributed by atoms with Crippen molar-refractivity contribution < 1.29 is 9.47 Å². The summed E-state index contributed by atoms with van der Waals surface area (Å²) in [4.78, 5) is 4.91. The smallest absolute Gasteiger partial charge is 0.195 e. The van der Waals surface area contributed by atoms with Gasteiger partial charge in [-0.05, 0) is 51.7 Å². The fraction of sp³-hybridized carbons (Fsp3) is 0.550. The standard InChI is InChI=1S/C20H27NO2/c1-6-22-14(2)16-12-11-15-9-7-8-10-17(15)20(16,5)18-21-19(3,4)13-23-18/h7-10,16H,2,6,11-13H2,1,3-5H3/t16-,20+/m1/s1. The SMILES string of the molecule is C=C(OCC)[C@H]1CCc2ccccc2[C@@]1(C)C1=NC(C)(C)CO1. The molecule has 1 aromatic carbocycles. The van der Waals surface area contributed by atoms with Crippen molar-refractivity contribution in [1.29, 1.82) is 0 Å². The molecule has 3 heteroatoms. The molecule has 0 saturated heterocycles. The first-order valence-electron chi connectivity index (χ1n) is 8.51. The lowest BCUT2D eigenvalue weighted by Crippen LogP contribution is -2.45. The molecule has 2 aliphatic rings. The summed E-state index contributed by atoms with van der Waals surface area (Å²) in [6.07, 6.45) is 2.05. The van der Waals surface area contributed by atoms with E-state index in [1.807, 2.05) is 6.92 Å². The Balaban J connectivity index is 2.11. The fourth-order valence-corrected chi connectivity index (χ4v) is 3.90. The van der Waals surface area contributed by atoms with E-state index in [2.05, 4.69) is 51.6 Å². The van der Waals surface area contributed by atoms with E-state index < -0.39 is 0 Å². The normalized spacial score (nSPS) is 28.5. The zero-order chi connectivity index (χ0) is 16.7. The van der Waals surface area contributed by atoms with Gasteiger partial charge in [0.25, 0.3) is 0 Å². The highest BCUT2D eigenvalue weighted by Gasteiger charge is 2.50. The van der Waals surface area contributed by atoms with Crippen molar-refractivity contribution in [2.75, 3.05) is 13.2 Å². The maximum absolute atomic E-state index is 6.08. The lowest BCUT2D eigenvalue weighted by Gasteiger charge is -2.42. The van der Waals surface area contributed by atoms with E-state index in [-0.39, 0.29) is 16.9 Å². The quantitative estimate of drug-likeness (QED) is 0.777. The van der Waals surface area contributed by atoms with E-state index in [1.54, 1.807) is 0 Å². The zero-order valence-corrected chi connectivity index (χ0v) is 14.7. The summed E-state index contributed by atoms with van der Waals surface area (Å²) in [6.45, 7) is 14.0. The Kier molecular flexibility index (Phi) is 3.99. The van der Waals surface area contributed by atoms with Gasteiger partial charge in [-0.15, -0.1) is 0 Å². The molecule has 1 aliphatic heterocycles. The minimum Gasteiger partial charge on any atom is -0.499 e. The fourth-order valence-electron chi connectivity index (χ4n) is 3.90. The maximum atomic E-state index is 6.08. The predicted molar refractivity (Wildman–Crippen MR) is 93.8 cm³/mol. The third-order valence-corrected chi connectivity index (χ3v) is 5.11. The number of allylic oxidation sites excluding steroid dienone is 1. The molecule has 0 unspecified atom stereocenters. The molecule has 0 N–H and O–H groups in total. The Labute approximate surface area is 139 Å². The van der Waals surface area contributed by atoms with Gasteiger partial charge in [0.2, 0.25) is 0 Å². The summed E-state index contributed by atoms with van der Waals surface area (Å²) in [6, 6.07) is 8.63. The van der Waals surface area contributed by atoms with Crippen molar-refractivity contribution in [3.63, 3.8) is 0 Å². The first-order chi connectivity index (χ1) is 10.9. The summed E-state index contributed by atoms with van der Waals surface area (Å²) in [5.41, 5.74) is 2.21. The van der Waals surface area contributed by atoms with E-state index in [1.165, 1.54) is 11.1 Å². The molecule has 23 heavy (non-hydrogen) atoms. The van der Waals surface area contributed by atoms with Crippen LogP contribution in [0.5, 0.6) is 0 Å². The molecule has 0 aromatic heterocycles. The number of benzene rings is 1. The first-order valence-corrected chi connectivity index (χ1v) is 8.51. The molecule has 0 radical (unpaired) electrons. The Morgan fingerprint density at radius 2 is 2.09 bits per heavy atom. The van der Waals surface area contributed by atoms with Gasteiger partial charge in [0, 0.05) is 5.92 Å². The molecule has 0 fully saturated rings. The highest BCUT2D eigenvalue weighted by atomic mass is 16.5. The third kappa shape index (κ3) is 2.66. The van der Waals surface area contributed by atoms with Gasteiger partial charge in [0.05, 0.1) is 23.3 Å². The second-order valence-corrected chi connectivity index (χ2v) is 7.37. The average molecular weight is 313 g/mol. The zero-order valence-electron chi connectivity index (χ0n) is 14.7. The van der Waals surface area contributed by atoms with E-state index in [9.17, 15) is 0 Å². The van der Waals surface area contributed by atoms with Crippen LogP contribution in [-0.2, 0) is 21.3 Å². The third-order valence-electron chi connectivity index (χ3n) is 5.11. The molecule has 0 saturated carbocycles. The van der Waals surface area contributed by atoms with E-state index >= 15 is 0 Å². The molecule has 124 valence electrons. The van der Waals surface area contributed by atoms with Crippen LogP contribution in [0.15, 0.2) is 41.6 Å². The first kappa shape index (κ1) is 16.1. The number of aliphatic imine (C=N–C) groups is 1. The van der Waals surface area contributed by atoms with Gasteiger partial charge >= 0.3 is 0 Å². The van der Waals surface area contributed by atoms with Crippen LogP contribution in [0.1, 0.15) is 45.2 Å². The van der Waals surface area contributed by atoms with Crippen molar-refractivity contribution in [3.8, 4) is 0 Å². The van der Waals surface area contributed by atoms with Crippen molar-refractivity contribution in [1.82, 2.24) is 0 Å². The molecule has 3 nitrogen and oxygen atoms in total. The second kappa shape index (κ2) is 5.70. The van der Waals surface area contributed by atoms with Gasteiger partial charge in [-0.25, -0.2) is 4.99 Å². The summed E-state index contributed by atoms with van der Waals surface area (Å²) in [5, 5.41) is 0. The minimum atomic E-state index is -0.311. The lowest BCUT2D eigenvalue weighted by atomic mass is 9.63. The van der Waals surface area contributed by atoms with Crippen LogP contribution in [0, 0.1) is 5.92 Å². The van der Waals surface area contributed by atoms with E-state index in [0.717, 1.165) is 24.5 Å². The van der Waals surface area contributed by atoms with Crippen LogP contribution in [0.4, 0.5) is 0 Å². The van der Waals surface area contributed by atoms with Gasteiger partial charge in [-0.1, -0.05) is 30.8 Å². The van der Waals surface area contributed by atoms with Crippen LogP contribution in [-0.4, -0.2) is 24.7 Å². The summed E-state index contributed by atoms with van der Waals surface area (Å²) >= 11 is 0. The molecule has 1 aliphatic carbocycles. The number of ether oxygens (including phenoxy) is 2. The molecular formula is C20H27NO2. The van der Waals surface area contributed by atoms with Crippen LogP contribution in [0.3, 0.4) is 0 Å². The number of hydrogen-bond acceptors (Lipinski definition) is 3. The lowest BCUT2D eigenvalue weighted by molar-refractivity contribution is 0.153. The second-order valence-electron chi connectivity index (χ2n) is 7.37. The van der Waals surface area contributed by atoms with Gasteiger partial charge in [-0.3, -0.25) is 0 Å². The molecule has 0 bridgehead atoms. The molecule has 1 aromatic rings. The number of rotatable bonds is 4. The minimum absolute atomic E-state index is 0.164. The monoisotopic (exact) mass is 313 g/mol. The van der Waals surface area contributed by atoms with Crippen LogP contribution >= 0.6 is 0 Å². The van der Waals surface area contributed by atoms with Crippen molar-refractivity contribution in [3.05, 3.63) is 47.7 Å². The summed E-state index contributed by atoms with van der Waals surface area (Å²) in [5.74, 6) is 1.87. The molecule has 0 spiro atoms.